The molecule has 0 bridgehead atoms. The number of nitrogens with zero attached hydrogens (tertiary/aromatic N) is 3. The van der Waals surface area contributed by atoms with Gasteiger partial charge >= 0.3 is 0 Å². The fraction of sp³-hybridized carbons (Fsp3) is 0.500. The molecular formula is C18H23FN4OS2. The molecule has 1 fully saturated rings. The molecule has 2 aromatic rings. The van der Waals surface area contributed by atoms with Crippen LogP contribution in [0, 0.1) is 11.7 Å². The van der Waals surface area contributed by atoms with Crippen molar-refractivity contribution in [2.24, 2.45) is 5.92 Å². The number of carbonyl (C=O) groups is 1. The van der Waals surface area contributed by atoms with Crippen LogP contribution in [0.2, 0.25) is 0 Å². The summed E-state index contributed by atoms with van der Waals surface area (Å²) in [5.74, 6) is -0.191. The normalized spacial score (nSPS) is 16.2. The van der Waals surface area contributed by atoms with E-state index in [-0.39, 0.29) is 17.6 Å². The quantitative estimate of drug-likeness (QED) is 0.592. The molecule has 1 saturated heterocycles. The second kappa shape index (κ2) is 8.92. The van der Waals surface area contributed by atoms with Gasteiger partial charge in [-0.05, 0) is 32.0 Å². The van der Waals surface area contributed by atoms with Crippen LogP contribution in [-0.2, 0) is 11.3 Å². The zero-order chi connectivity index (χ0) is 18.5. The summed E-state index contributed by atoms with van der Waals surface area (Å²) in [6, 6.07) is 6.86. The third-order valence-electron chi connectivity index (χ3n) is 4.28. The van der Waals surface area contributed by atoms with Gasteiger partial charge in [-0.25, -0.2) is 4.39 Å². The fourth-order valence-electron chi connectivity index (χ4n) is 2.94. The minimum absolute atomic E-state index is 0.00721. The Hall–Kier alpha value is -1.51. The summed E-state index contributed by atoms with van der Waals surface area (Å²) in [5.41, 5.74) is 0.708. The van der Waals surface area contributed by atoms with Crippen LogP contribution in [0.5, 0.6) is 0 Å². The van der Waals surface area contributed by atoms with Gasteiger partial charge in [0, 0.05) is 23.3 Å². The van der Waals surface area contributed by atoms with Gasteiger partial charge in [0.15, 0.2) is 4.34 Å². The van der Waals surface area contributed by atoms with Crippen LogP contribution in [0.25, 0.3) is 0 Å². The Balaban J connectivity index is 1.47. The third kappa shape index (κ3) is 5.25. The maximum atomic E-state index is 13.8. The Morgan fingerprint density at radius 1 is 1.35 bits per heavy atom. The van der Waals surface area contributed by atoms with Crippen LogP contribution < -0.4 is 5.32 Å². The average molecular weight is 395 g/mol. The zero-order valence-corrected chi connectivity index (χ0v) is 16.6. The number of likely N-dealkylation sites (tertiary alicyclic amines) is 1. The summed E-state index contributed by atoms with van der Waals surface area (Å²) in [4.78, 5) is 14.7. The van der Waals surface area contributed by atoms with E-state index < -0.39 is 0 Å². The van der Waals surface area contributed by atoms with Gasteiger partial charge in [0.2, 0.25) is 11.0 Å². The topological polar surface area (TPSA) is 58.1 Å². The standard InChI is InChI=1S/C18H23FN4OS2/c1-12(2)25-18-22-21-17(26-18)20-16(24)13-7-9-23(10-8-13)11-14-5-3-4-6-15(14)19/h3-6,12-13H,7-11H2,1-2H3,(H,20,21,24). The maximum Gasteiger partial charge on any atom is 0.229 e. The number of nitrogens with one attached hydrogen (secondary N) is 1. The second-order valence-electron chi connectivity index (χ2n) is 6.67. The molecule has 0 saturated carbocycles. The number of amides is 1. The Morgan fingerprint density at radius 2 is 2.08 bits per heavy atom. The van der Waals surface area contributed by atoms with Gasteiger partial charge < -0.3 is 5.32 Å². The van der Waals surface area contributed by atoms with Gasteiger partial charge in [0.1, 0.15) is 5.82 Å². The lowest BCUT2D eigenvalue weighted by Crippen LogP contribution is -2.37. The van der Waals surface area contributed by atoms with E-state index in [1.807, 2.05) is 12.1 Å². The molecule has 0 radical (unpaired) electrons. The molecule has 1 amide bonds. The molecule has 0 aliphatic carbocycles. The highest BCUT2D eigenvalue weighted by Gasteiger charge is 2.26. The zero-order valence-electron chi connectivity index (χ0n) is 14.9. The molecule has 0 spiro atoms. The van der Waals surface area contributed by atoms with E-state index in [0.717, 1.165) is 30.3 Å². The van der Waals surface area contributed by atoms with Crippen LogP contribution in [0.4, 0.5) is 9.52 Å². The van der Waals surface area contributed by atoms with Gasteiger partial charge in [-0.15, -0.1) is 10.2 Å². The second-order valence-corrected chi connectivity index (χ2v) is 9.47. The first-order chi connectivity index (χ1) is 12.5. The van der Waals surface area contributed by atoms with Crippen molar-refractivity contribution in [1.82, 2.24) is 15.1 Å². The van der Waals surface area contributed by atoms with E-state index in [2.05, 4.69) is 34.3 Å². The smallest absolute Gasteiger partial charge is 0.229 e. The third-order valence-corrected chi connectivity index (χ3v) is 6.21. The number of rotatable bonds is 6. The summed E-state index contributed by atoms with van der Waals surface area (Å²) >= 11 is 3.05. The Bertz CT molecular complexity index is 744. The van der Waals surface area contributed by atoms with Crippen LogP contribution in [0.1, 0.15) is 32.3 Å². The summed E-state index contributed by atoms with van der Waals surface area (Å²) in [6.45, 7) is 6.36. The van der Waals surface area contributed by atoms with E-state index in [1.165, 1.54) is 17.4 Å². The highest BCUT2D eigenvalue weighted by atomic mass is 32.2. The molecule has 26 heavy (non-hydrogen) atoms. The number of halogens is 1. The number of aromatic nitrogens is 2. The molecule has 2 heterocycles. The minimum atomic E-state index is -0.168. The summed E-state index contributed by atoms with van der Waals surface area (Å²) in [5, 5.41) is 12.0. The molecule has 8 heteroatoms. The van der Waals surface area contributed by atoms with Crippen molar-refractivity contribution in [3.05, 3.63) is 35.6 Å². The highest BCUT2D eigenvalue weighted by Crippen LogP contribution is 2.29. The lowest BCUT2D eigenvalue weighted by Gasteiger charge is -2.31. The van der Waals surface area contributed by atoms with Crippen LogP contribution in [0.15, 0.2) is 28.6 Å². The molecule has 0 atom stereocenters. The Labute approximate surface area is 161 Å². The first-order valence-corrected chi connectivity index (χ1v) is 10.5. The molecule has 5 nitrogen and oxygen atoms in total. The number of hydrogen-bond acceptors (Lipinski definition) is 6. The lowest BCUT2D eigenvalue weighted by atomic mass is 9.95. The van der Waals surface area contributed by atoms with Crippen LogP contribution >= 0.6 is 23.1 Å². The number of carbonyl (C=O) groups excluding carboxylic acids is 1. The predicted octanol–water partition coefficient (Wildman–Crippen LogP) is 4.03. The van der Waals surface area contributed by atoms with E-state index in [4.69, 9.17) is 0 Å². The van der Waals surface area contributed by atoms with Crippen molar-refractivity contribution < 1.29 is 9.18 Å². The lowest BCUT2D eigenvalue weighted by molar-refractivity contribution is -0.121. The van der Waals surface area contributed by atoms with Crippen molar-refractivity contribution in [3.63, 3.8) is 0 Å². The molecule has 1 aliphatic heterocycles. The van der Waals surface area contributed by atoms with Crippen molar-refractivity contribution in [3.8, 4) is 0 Å². The summed E-state index contributed by atoms with van der Waals surface area (Å²) in [6.07, 6.45) is 1.54. The minimum Gasteiger partial charge on any atom is -0.300 e. The maximum absolute atomic E-state index is 13.8. The Kier molecular flexibility index (Phi) is 6.61. The molecule has 3 rings (SSSR count). The summed E-state index contributed by atoms with van der Waals surface area (Å²) < 4.78 is 14.6. The number of piperidine rings is 1. The number of anilines is 1. The molecule has 1 aromatic heterocycles. The van der Waals surface area contributed by atoms with E-state index in [9.17, 15) is 9.18 Å². The number of hydrogen-bond donors (Lipinski definition) is 1. The SMILES string of the molecule is CC(C)Sc1nnc(NC(=O)C2CCN(Cc3ccccc3F)CC2)s1. The first-order valence-electron chi connectivity index (χ1n) is 8.78. The number of benzene rings is 1. The van der Waals surface area contributed by atoms with Gasteiger partial charge in [-0.1, -0.05) is 55.1 Å². The van der Waals surface area contributed by atoms with Crippen molar-refractivity contribution in [2.75, 3.05) is 18.4 Å². The van der Waals surface area contributed by atoms with E-state index >= 15 is 0 Å². The van der Waals surface area contributed by atoms with Crippen LogP contribution in [0.3, 0.4) is 0 Å². The Morgan fingerprint density at radius 3 is 2.77 bits per heavy atom. The largest absolute Gasteiger partial charge is 0.300 e. The monoisotopic (exact) mass is 394 g/mol. The average Bonchev–Trinajstić information content (AvgIpc) is 3.03. The number of thioether (sulfide) groups is 1. The molecule has 1 aromatic carbocycles. The van der Waals surface area contributed by atoms with Crippen molar-refractivity contribution in [2.45, 2.75) is 42.8 Å². The molecule has 1 N–H and O–H groups in total. The summed E-state index contributed by atoms with van der Waals surface area (Å²) in [7, 11) is 0. The van der Waals surface area contributed by atoms with Gasteiger partial charge in [0.25, 0.3) is 0 Å². The first kappa shape index (κ1) is 19.3. The van der Waals surface area contributed by atoms with Crippen molar-refractivity contribution in [1.29, 1.82) is 0 Å². The predicted molar refractivity (Wildman–Crippen MR) is 104 cm³/mol. The van der Waals surface area contributed by atoms with Gasteiger partial charge in [-0.2, -0.15) is 0 Å². The van der Waals surface area contributed by atoms with E-state index in [0.29, 0.717) is 22.5 Å². The van der Waals surface area contributed by atoms with Gasteiger partial charge in [0.05, 0.1) is 0 Å². The van der Waals surface area contributed by atoms with Crippen LogP contribution in [-0.4, -0.2) is 39.3 Å². The van der Waals surface area contributed by atoms with Crippen molar-refractivity contribution >= 4 is 34.1 Å². The highest BCUT2D eigenvalue weighted by molar-refractivity contribution is 8.01. The fourth-order valence-corrected chi connectivity index (χ4v) is 4.92. The molecular weight excluding hydrogens is 371 g/mol. The molecule has 0 unspecified atom stereocenters. The molecule has 1 aliphatic rings. The molecule has 140 valence electrons. The van der Waals surface area contributed by atoms with Gasteiger partial charge in [-0.3, -0.25) is 9.69 Å². The van der Waals surface area contributed by atoms with E-state index in [1.54, 1.807) is 17.8 Å².